The van der Waals surface area contributed by atoms with E-state index in [0.717, 1.165) is 14.9 Å². The van der Waals surface area contributed by atoms with E-state index < -0.39 is 48.9 Å². The molecule has 1 aliphatic carbocycles. The number of likely N-dealkylation sites (tertiary alicyclic amines) is 1. The lowest BCUT2D eigenvalue weighted by Crippen LogP contribution is -2.60. The Labute approximate surface area is 215 Å². The number of hydrogen-bond donors (Lipinski definition) is 2. The van der Waals surface area contributed by atoms with Crippen LogP contribution < -0.4 is 5.32 Å². The summed E-state index contributed by atoms with van der Waals surface area (Å²) >= 11 is -0.305. The number of amides is 2. The number of aromatic nitrogens is 4. The second kappa shape index (κ2) is 8.76. The van der Waals surface area contributed by atoms with Gasteiger partial charge in [0.15, 0.2) is 17.9 Å². The van der Waals surface area contributed by atoms with Crippen LogP contribution >= 0.6 is 12.3 Å². The van der Waals surface area contributed by atoms with Crippen LogP contribution in [-0.4, -0.2) is 64.8 Å². The van der Waals surface area contributed by atoms with E-state index in [1.54, 1.807) is 0 Å². The number of anilines is 1. The summed E-state index contributed by atoms with van der Waals surface area (Å²) in [6.45, 7) is -0.0964. The van der Waals surface area contributed by atoms with Crippen molar-refractivity contribution in [2.75, 3.05) is 11.9 Å². The van der Waals surface area contributed by atoms with Gasteiger partial charge in [-0.3, -0.25) is 4.98 Å². The SMILES string of the molecule is Cc1cc2cnc(-c3nn(SF)cc3NC(=O)N3CCC(O)(C(F)(F)F)CC34CC4)cc2n1CC(F)(F)F. The van der Waals surface area contributed by atoms with Crippen LogP contribution in [0.15, 0.2) is 24.5 Å². The lowest BCUT2D eigenvalue weighted by molar-refractivity contribution is -0.277. The number of carbonyl (C=O) groups excluding carboxylic acids is 1. The van der Waals surface area contributed by atoms with Crippen molar-refractivity contribution in [3.8, 4) is 11.4 Å². The van der Waals surface area contributed by atoms with Gasteiger partial charge in [0.25, 0.3) is 0 Å². The van der Waals surface area contributed by atoms with Crippen molar-refractivity contribution in [2.45, 2.75) is 62.6 Å². The number of alkyl halides is 6. The Kier molecular flexibility index (Phi) is 6.13. The Bertz CT molecular complexity index is 1400. The van der Waals surface area contributed by atoms with Crippen molar-refractivity contribution in [1.29, 1.82) is 0 Å². The molecule has 1 aliphatic heterocycles. The topological polar surface area (TPSA) is 88.2 Å². The van der Waals surface area contributed by atoms with E-state index in [0.29, 0.717) is 11.1 Å². The highest BCUT2D eigenvalue weighted by Crippen LogP contribution is 2.55. The minimum absolute atomic E-state index is 0.0369. The molecule has 5 rings (SSSR count). The second-order valence-electron chi connectivity index (χ2n) is 9.74. The van der Waals surface area contributed by atoms with E-state index in [-0.39, 0.29) is 54.3 Å². The molecule has 38 heavy (non-hydrogen) atoms. The molecule has 1 atom stereocenters. The number of urea groups is 1. The molecule has 0 aromatic carbocycles. The quantitative estimate of drug-likeness (QED) is 0.402. The summed E-state index contributed by atoms with van der Waals surface area (Å²) in [5, 5.41) is 17.1. The Morgan fingerprint density at radius 2 is 1.89 bits per heavy atom. The number of aryl methyl sites for hydroxylation is 1. The zero-order chi connectivity index (χ0) is 27.7. The second-order valence-corrected chi connectivity index (χ2v) is 10.3. The van der Waals surface area contributed by atoms with Crippen LogP contribution in [0.1, 0.15) is 31.4 Å². The molecule has 8 nitrogen and oxygen atoms in total. The maximum Gasteiger partial charge on any atom is 0.417 e. The van der Waals surface area contributed by atoms with Gasteiger partial charge in [-0.25, -0.2) is 4.79 Å². The summed E-state index contributed by atoms with van der Waals surface area (Å²) in [6.07, 6.45) is -7.68. The Hall–Kier alpha value is -3.01. The van der Waals surface area contributed by atoms with Crippen LogP contribution in [0.5, 0.6) is 0 Å². The fourth-order valence-electron chi connectivity index (χ4n) is 5.08. The molecule has 1 spiro atoms. The zero-order valence-corrected chi connectivity index (χ0v) is 20.5. The average molecular weight is 567 g/mol. The summed E-state index contributed by atoms with van der Waals surface area (Å²) in [5.41, 5.74) is -3.55. The number of fused-ring (bicyclic) bond motifs is 1. The number of carbonyl (C=O) groups is 1. The number of pyridine rings is 1. The molecule has 16 heteroatoms. The molecular weight excluding hydrogens is 545 g/mol. The van der Waals surface area contributed by atoms with Crippen LogP contribution in [-0.2, 0) is 6.54 Å². The largest absolute Gasteiger partial charge is 0.417 e. The van der Waals surface area contributed by atoms with E-state index in [9.17, 15) is 40.1 Å². The van der Waals surface area contributed by atoms with Crippen LogP contribution in [0.4, 0.5) is 40.7 Å². The summed E-state index contributed by atoms with van der Waals surface area (Å²) in [7, 11) is 0. The highest BCUT2D eigenvalue weighted by molar-refractivity contribution is 7.92. The van der Waals surface area contributed by atoms with Crippen molar-refractivity contribution >= 4 is 35.0 Å². The van der Waals surface area contributed by atoms with Gasteiger partial charge in [-0.15, -0.1) is 3.89 Å². The third-order valence-electron chi connectivity index (χ3n) is 7.12. The predicted octanol–water partition coefficient (Wildman–Crippen LogP) is 5.61. The summed E-state index contributed by atoms with van der Waals surface area (Å²) in [4.78, 5) is 18.6. The average Bonchev–Trinajstić information content (AvgIpc) is 3.32. The molecule has 1 saturated carbocycles. The third-order valence-corrected chi connectivity index (χ3v) is 7.45. The molecule has 2 fully saturated rings. The molecule has 2 N–H and O–H groups in total. The summed E-state index contributed by atoms with van der Waals surface area (Å²) in [6, 6.07) is 2.10. The monoisotopic (exact) mass is 566 g/mol. The minimum atomic E-state index is -4.84. The van der Waals surface area contributed by atoms with Gasteiger partial charge in [-0.05, 0) is 31.9 Å². The number of hydrogen-bond acceptors (Lipinski definition) is 5. The van der Waals surface area contributed by atoms with Gasteiger partial charge < -0.3 is 19.9 Å². The van der Waals surface area contributed by atoms with Gasteiger partial charge in [0.05, 0.1) is 23.1 Å². The molecule has 3 aromatic rings. The fourth-order valence-corrected chi connectivity index (χ4v) is 5.33. The zero-order valence-electron chi connectivity index (χ0n) is 19.7. The van der Waals surface area contributed by atoms with Crippen LogP contribution in [0.2, 0.25) is 0 Å². The molecule has 4 heterocycles. The number of halogens is 7. The standard InChI is InChI=1S/C22H21F7N6O2S/c1-12-6-13-8-30-14(7-16(13)33(12)11-21(23,24)25)17-15(9-35(32-17)38-29)31-18(36)34-5-4-20(37,22(26,27)28)10-19(34)2-3-19/h6-9,37H,2-5,10-11H2,1H3,(H,31,36). The highest BCUT2D eigenvalue weighted by atomic mass is 32.2. The van der Waals surface area contributed by atoms with Crippen molar-refractivity contribution in [3.05, 3.63) is 30.2 Å². The number of nitrogens with zero attached hydrogens (tertiary/aromatic N) is 5. The molecule has 206 valence electrons. The number of aliphatic hydroxyl groups is 1. The smallest absolute Gasteiger partial charge is 0.380 e. The normalized spacial score (nSPS) is 21.3. The summed E-state index contributed by atoms with van der Waals surface area (Å²) < 4.78 is 94.8. The molecule has 0 radical (unpaired) electrons. The first-order valence-electron chi connectivity index (χ1n) is 11.4. The molecule has 2 aliphatic rings. The highest BCUT2D eigenvalue weighted by Gasteiger charge is 2.65. The number of nitrogens with one attached hydrogen (secondary N) is 1. The van der Waals surface area contributed by atoms with E-state index in [1.165, 1.54) is 30.2 Å². The van der Waals surface area contributed by atoms with Gasteiger partial charge in [0, 0.05) is 42.2 Å². The van der Waals surface area contributed by atoms with Crippen molar-refractivity contribution in [3.63, 3.8) is 0 Å². The van der Waals surface area contributed by atoms with Gasteiger partial charge in [-0.2, -0.15) is 35.5 Å². The maximum atomic E-state index is 13.4. The van der Waals surface area contributed by atoms with E-state index in [2.05, 4.69) is 15.4 Å². The molecule has 0 bridgehead atoms. The fraction of sp³-hybridized carbons (Fsp3) is 0.500. The molecule has 1 saturated heterocycles. The minimum Gasteiger partial charge on any atom is -0.380 e. The lowest BCUT2D eigenvalue weighted by Gasteiger charge is -2.45. The first kappa shape index (κ1) is 26.6. The van der Waals surface area contributed by atoms with Crippen molar-refractivity contribution in [2.24, 2.45) is 0 Å². The lowest BCUT2D eigenvalue weighted by atomic mass is 9.84. The number of rotatable bonds is 4. The first-order chi connectivity index (χ1) is 17.6. The van der Waals surface area contributed by atoms with Crippen LogP contribution in [0.3, 0.4) is 0 Å². The number of piperidine rings is 1. The van der Waals surface area contributed by atoms with Gasteiger partial charge >= 0.3 is 18.4 Å². The maximum absolute atomic E-state index is 13.4. The molecule has 3 aromatic heterocycles. The molecule has 1 unspecified atom stereocenters. The van der Waals surface area contributed by atoms with Gasteiger partial charge in [0.1, 0.15) is 12.2 Å². The predicted molar refractivity (Wildman–Crippen MR) is 124 cm³/mol. The van der Waals surface area contributed by atoms with E-state index in [1.807, 2.05) is 0 Å². The van der Waals surface area contributed by atoms with Crippen LogP contribution in [0, 0.1) is 6.92 Å². The third kappa shape index (κ3) is 4.67. The molecule has 2 amide bonds. The van der Waals surface area contributed by atoms with Crippen molar-refractivity contribution in [1.82, 2.24) is 23.6 Å². The Morgan fingerprint density at radius 1 is 1.18 bits per heavy atom. The first-order valence-corrected chi connectivity index (χ1v) is 12.1. The van der Waals surface area contributed by atoms with Crippen molar-refractivity contribution < 1.29 is 40.1 Å². The van der Waals surface area contributed by atoms with Gasteiger partial charge in [-0.1, -0.05) is 0 Å². The Balaban J connectivity index is 1.45. The van der Waals surface area contributed by atoms with Gasteiger partial charge in [0.2, 0.25) is 0 Å². The Morgan fingerprint density at radius 3 is 2.50 bits per heavy atom. The van der Waals surface area contributed by atoms with E-state index >= 15 is 0 Å². The molecular formula is C22H21F7N6O2S. The summed E-state index contributed by atoms with van der Waals surface area (Å²) in [5.74, 6) is 0. The van der Waals surface area contributed by atoms with E-state index in [4.69, 9.17) is 0 Å². The van der Waals surface area contributed by atoms with Crippen LogP contribution in [0.25, 0.3) is 22.3 Å².